The van der Waals surface area contributed by atoms with Gasteiger partial charge in [-0.25, -0.2) is 10.8 Å². The van der Waals surface area contributed by atoms with Crippen molar-refractivity contribution in [2.75, 3.05) is 0 Å². The molecule has 2 aliphatic carbocycles. The Morgan fingerprint density at radius 3 is 1.90 bits per heavy atom. The number of hydrogen-bond acceptors (Lipinski definition) is 0. The van der Waals surface area contributed by atoms with Crippen molar-refractivity contribution in [2.24, 2.45) is 5.92 Å². The van der Waals surface area contributed by atoms with E-state index in [0.717, 1.165) is 6.42 Å². The van der Waals surface area contributed by atoms with Crippen LogP contribution in [0.3, 0.4) is 0 Å². The van der Waals surface area contributed by atoms with E-state index in [4.69, 9.17) is 0 Å². The fourth-order valence-electron chi connectivity index (χ4n) is 5.34. The summed E-state index contributed by atoms with van der Waals surface area (Å²) in [5, 5.41) is 1.60. The first-order valence-corrected chi connectivity index (χ1v) is 19.9. The molecule has 1 unspecified atom stereocenters. The van der Waals surface area contributed by atoms with Gasteiger partial charge in [-0.2, -0.15) is 29.8 Å². The molecule has 0 fully saturated rings. The van der Waals surface area contributed by atoms with E-state index in [-0.39, 0.29) is 10.8 Å². The van der Waals surface area contributed by atoms with Gasteiger partial charge in [0.05, 0.1) is 0 Å². The Morgan fingerprint density at radius 2 is 1.44 bits per heavy atom. The topological polar surface area (TPSA) is 0 Å². The van der Waals surface area contributed by atoms with Crippen LogP contribution in [0.2, 0.25) is 19.6 Å². The first kappa shape index (κ1) is 33.6. The summed E-state index contributed by atoms with van der Waals surface area (Å²) in [5.41, 5.74) is 12.8. The third kappa shape index (κ3) is 9.05. The number of benzene rings is 3. The summed E-state index contributed by atoms with van der Waals surface area (Å²) in [6.45, 7) is 27.3. The van der Waals surface area contributed by atoms with Crippen molar-refractivity contribution in [2.45, 2.75) is 99.2 Å². The van der Waals surface area contributed by atoms with Gasteiger partial charge >= 0.3 is 70.3 Å². The van der Waals surface area contributed by atoms with Crippen LogP contribution < -0.4 is 0 Å². The van der Waals surface area contributed by atoms with Gasteiger partial charge in [-0.3, -0.25) is 6.08 Å². The van der Waals surface area contributed by atoms with Gasteiger partial charge in [0, 0.05) is 0 Å². The van der Waals surface area contributed by atoms with Gasteiger partial charge in [-0.15, -0.1) is 11.1 Å². The van der Waals surface area contributed by atoms with Crippen molar-refractivity contribution in [1.82, 2.24) is 0 Å². The molecule has 3 aromatic carbocycles. The molecule has 0 spiro atoms. The van der Waals surface area contributed by atoms with Crippen LogP contribution in [-0.4, -0.2) is 11.8 Å². The molecule has 214 valence electrons. The number of rotatable bonds is 2. The van der Waals surface area contributed by atoms with Crippen LogP contribution >= 0.6 is 0 Å². The van der Waals surface area contributed by atoms with E-state index in [0.29, 0.717) is 5.92 Å². The fourth-order valence-corrected chi connectivity index (χ4v) is 7.76. The van der Waals surface area contributed by atoms with E-state index in [2.05, 4.69) is 158 Å². The van der Waals surface area contributed by atoms with E-state index in [1.165, 1.54) is 74.3 Å². The van der Waals surface area contributed by atoms with Crippen LogP contribution in [0.25, 0.3) is 11.1 Å². The van der Waals surface area contributed by atoms with Crippen molar-refractivity contribution in [3.8, 4) is 11.1 Å². The molecule has 0 aliphatic heterocycles. The number of hydrogen-bond donors (Lipinski definition) is 0. The SMILES string of the molecule is CC(C)(C)c1[c-]c2c(cc1)-c1ccc(C(C)(C)C)cc1C2.CC1=[C-]C(C)C=C1[Si](C)(C)C.Cc1ccc([CH]=[Zr+2])cc1. The van der Waals surface area contributed by atoms with Crippen LogP contribution in [0, 0.1) is 25.0 Å². The van der Waals surface area contributed by atoms with E-state index in [9.17, 15) is 0 Å². The summed E-state index contributed by atoms with van der Waals surface area (Å²) in [6, 6.07) is 23.7. The van der Waals surface area contributed by atoms with Gasteiger partial charge in [0.1, 0.15) is 0 Å². The van der Waals surface area contributed by atoms with E-state index in [1.807, 2.05) is 0 Å². The number of allylic oxidation sites excluding steroid dienone is 4. The van der Waals surface area contributed by atoms with Gasteiger partial charge < -0.3 is 0 Å². The standard InChI is InChI=1S/C21H25.C10H17Si.C8H8.Zr/c1-20(2,3)16-7-9-18-14(12-16)11-15-13-17(21(4,5)6)8-10-19(15)18;1-8-6-9(2)10(7-8)11(3,4)5;1-7-3-5-8(2)6-4-7;/h7-10,12H,11H2,1-6H3;7-8H,1-5H3;1,3-6H,2H3;/q2*-1;;+2. The van der Waals surface area contributed by atoms with Gasteiger partial charge in [0.15, 0.2) is 0 Å². The first-order valence-electron chi connectivity index (χ1n) is 15.0. The number of aryl methyl sites for hydroxylation is 1. The van der Waals surface area contributed by atoms with Crippen molar-refractivity contribution in [3.63, 3.8) is 0 Å². The number of fused-ring (bicyclic) bond motifs is 3. The summed E-state index contributed by atoms with van der Waals surface area (Å²) < 4.78 is 2.19. The Labute approximate surface area is 267 Å². The van der Waals surface area contributed by atoms with Crippen molar-refractivity contribution in [1.29, 1.82) is 0 Å². The normalized spacial score (nSPS) is 15.9. The van der Waals surface area contributed by atoms with Gasteiger partial charge in [0.2, 0.25) is 0 Å². The Bertz CT molecular complexity index is 1370. The van der Waals surface area contributed by atoms with Gasteiger partial charge in [-0.05, 0) is 36.5 Å². The molecular formula is C39H50SiZr. The zero-order chi connectivity index (χ0) is 30.8. The van der Waals surface area contributed by atoms with Crippen molar-refractivity contribution >= 4 is 11.8 Å². The minimum atomic E-state index is -1.07. The Kier molecular flexibility index (Phi) is 10.8. The molecule has 5 rings (SSSR count). The molecule has 2 aliphatic rings. The predicted molar refractivity (Wildman–Crippen MR) is 180 cm³/mol. The zero-order valence-electron chi connectivity index (χ0n) is 27.6. The summed E-state index contributed by atoms with van der Waals surface area (Å²) in [5.74, 6) is 0.553. The third-order valence-electron chi connectivity index (χ3n) is 7.78. The third-order valence-corrected chi connectivity index (χ3v) is 10.8. The second-order valence-corrected chi connectivity index (χ2v) is 20.5. The molecule has 3 aromatic rings. The first-order chi connectivity index (χ1) is 18.9. The van der Waals surface area contributed by atoms with E-state index < -0.39 is 8.07 Å². The zero-order valence-corrected chi connectivity index (χ0v) is 31.1. The second-order valence-electron chi connectivity index (χ2n) is 14.8. The van der Waals surface area contributed by atoms with Crippen LogP contribution in [-0.2, 0) is 41.5 Å². The van der Waals surface area contributed by atoms with Crippen LogP contribution in [0.4, 0.5) is 0 Å². The molecule has 0 bridgehead atoms. The average molecular weight is 638 g/mol. The molecule has 1 atom stereocenters. The van der Waals surface area contributed by atoms with Crippen molar-refractivity contribution in [3.05, 3.63) is 117 Å². The molecule has 0 amide bonds. The average Bonchev–Trinajstić information content (AvgIpc) is 3.42. The molecule has 0 heterocycles. The van der Waals surface area contributed by atoms with Gasteiger partial charge in [-0.1, -0.05) is 105 Å². The molecule has 41 heavy (non-hydrogen) atoms. The van der Waals surface area contributed by atoms with Gasteiger partial charge in [0.25, 0.3) is 0 Å². The molecule has 0 N–H and O–H groups in total. The molecule has 0 nitrogen and oxygen atoms in total. The Balaban J connectivity index is 0.000000193. The fraction of sp³-hybridized carbons (Fsp3) is 0.410. The van der Waals surface area contributed by atoms with Crippen molar-refractivity contribution < 1.29 is 24.2 Å². The Morgan fingerprint density at radius 1 is 0.829 bits per heavy atom. The summed E-state index contributed by atoms with van der Waals surface area (Å²) in [4.78, 5) is 0. The summed E-state index contributed by atoms with van der Waals surface area (Å²) in [6.07, 6.45) is 6.83. The van der Waals surface area contributed by atoms with E-state index >= 15 is 0 Å². The molecule has 0 saturated heterocycles. The quantitative estimate of drug-likeness (QED) is 0.152. The minimum absolute atomic E-state index is 0.167. The molecule has 0 saturated carbocycles. The van der Waals surface area contributed by atoms with Crippen LogP contribution in [0.15, 0.2) is 71.4 Å². The van der Waals surface area contributed by atoms with Crippen LogP contribution in [0.5, 0.6) is 0 Å². The van der Waals surface area contributed by atoms with E-state index in [1.54, 1.807) is 5.20 Å². The summed E-state index contributed by atoms with van der Waals surface area (Å²) in [7, 11) is -1.07. The second kappa shape index (κ2) is 13.2. The molecule has 0 aromatic heterocycles. The Hall–Kier alpha value is -1.89. The molecule has 0 radical (unpaired) electrons. The maximum atomic E-state index is 3.67. The monoisotopic (exact) mass is 636 g/mol. The molecular weight excluding hydrogens is 588 g/mol. The molecule has 2 heteroatoms. The van der Waals surface area contributed by atoms with Crippen LogP contribution in [0.1, 0.15) is 88.8 Å². The predicted octanol–water partition coefficient (Wildman–Crippen LogP) is 10.5. The summed E-state index contributed by atoms with van der Waals surface area (Å²) >= 11 is 1.47. The maximum absolute atomic E-state index is 3.67.